The molecule has 4 nitrogen and oxygen atoms in total. The lowest BCUT2D eigenvalue weighted by atomic mass is 10.2. The van der Waals surface area contributed by atoms with E-state index in [1.807, 2.05) is 6.07 Å². The Kier molecular flexibility index (Phi) is 3.66. The Morgan fingerprint density at radius 2 is 1.90 bits per heavy atom. The summed E-state index contributed by atoms with van der Waals surface area (Å²) in [4.78, 5) is 12.0. The highest BCUT2D eigenvalue weighted by Crippen LogP contribution is 2.26. The molecule has 0 saturated carbocycles. The zero-order chi connectivity index (χ0) is 15.0. The Labute approximate surface area is 130 Å². The predicted molar refractivity (Wildman–Crippen MR) is 84.7 cm³/mol. The minimum Gasteiger partial charge on any atom is -0.497 e. The molecule has 108 valence electrons. The molecule has 0 spiro atoms. The molecule has 0 fully saturated rings. The van der Waals surface area contributed by atoms with Crippen LogP contribution < -0.4 is 10.3 Å². The van der Waals surface area contributed by atoms with Crippen LogP contribution in [-0.2, 0) is 6.54 Å². The molecule has 2 aromatic carbocycles. The van der Waals surface area contributed by atoms with Crippen molar-refractivity contribution in [3.05, 3.63) is 62.4 Å². The van der Waals surface area contributed by atoms with Crippen LogP contribution in [0.1, 0.15) is 5.56 Å². The van der Waals surface area contributed by atoms with E-state index in [9.17, 15) is 4.79 Å². The number of fused-ring (bicyclic) bond motifs is 1. The average molecular weight is 323 g/mol. The molecule has 3 rings (SSSR count). The number of nitrogens with one attached hydrogen (secondary N) is 1. The van der Waals surface area contributed by atoms with Crippen molar-refractivity contribution in [2.24, 2.45) is 0 Å². The van der Waals surface area contributed by atoms with Gasteiger partial charge in [0.05, 0.1) is 24.6 Å². The van der Waals surface area contributed by atoms with Gasteiger partial charge < -0.3 is 4.74 Å². The van der Waals surface area contributed by atoms with Gasteiger partial charge in [0, 0.05) is 15.6 Å². The van der Waals surface area contributed by atoms with Gasteiger partial charge in [-0.25, -0.2) is 0 Å². The van der Waals surface area contributed by atoms with Gasteiger partial charge in [-0.1, -0.05) is 29.3 Å². The number of rotatable bonds is 3. The van der Waals surface area contributed by atoms with Gasteiger partial charge in [0.15, 0.2) is 0 Å². The zero-order valence-corrected chi connectivity index (χ0v) is 12.7. The summed E-state index contributed by atoms with van der Waals surface area (Å²) in [7, 11) is 1.57. The highest BCUT2D eigenvalue weighted by atomic mass is 35.5. The Bertz CT molecular complexity index is 847. The fourth-order valence-electron chi connectivity index (χ4n) is 2.27. The second-order valence-electron chi connectivity index (χ2n) is 4.61. The van der Waals surface area contributed by atoms with E-state index < -0.39 is 0 Å². The van der Waals surface area contributed by atoms with Crippen LogP contribution in [0, 0.1) is 0 Å². The number of H-pyrrole nitrogens is 1. The summed E-state index contributed by atoms with van der Waals surface area (Å²) in [6.07, 6.45) is 0. The number of ether oxygens (including phenoxy) is 1. The molecule has 6 heteroatoms. The van der Waals surface area contributed by atoms with E-state index in [1.165, 1.54) is 0 Å². The predicted octanol–water partition coefficient (Wildman–Crippen LogP) is 3.69. The molecule has 1 aromatic heterocycles. The lowest BCUT2D eigenvalue weighted by Crippen LogP contribution is -2.07. The zero-order valence-electron chi connectivity index (χ0n) is 11.2. The lowest BCUT2D eigenvalue weighted by molar-refractivity contribution is 0.415. The Morgan fingerprint density at radius 1 is 1.19 bits per heavy atom. The molecule has 0 bridgehead atoms. The number of nitrogens with zero attached hydrogens (tertiary/aromatic N) is 1. The highest BCUT2D eigenvalue weighted by molar-refractivity contribution is 6.36. The third kappa shape index (κ3) is 2.52. The van der Waals surface area contributed by atoms with Crippen LogP contribution in [0.3, 0.4) is 0 Å². The first-order chi connectivity index (χ1) is 10.1. The van der Waals surface area contributed by atoms with Crippen molar-refractivity contribution in [1.29, 1.82) is 0 Å². The standard InChI is InChI=1S/C15H12Cl2N2O2/c1-21-9-5-6-14-10(7-9)15(20)18-19(14)8-11-12(16)3-2-4-13(11)17/h2-7H,8H2,1H3,(H,18,20). The summed E-state index contributed by atoms with van der Waals surface area (Å²) in [6.45, 7) is 0.392. The van der Waals surface area contributed by atoms with Crippen LogP contribution in [0.4, 0.5) is 0 Å². The third-order valence-electron chi connectivity index (χ3n) is 3.35. The summed E-state index contributed by atoms with van der Waals surface area (Å²) >= 11 is 12.4. The number of hydrogen-bond donors (Lipinski definition) is 1. The van der Waals surface area contributed by atoms with Gasteiger partial charge in [-0.2, -0.15) is 0 Å². The molecule has 0 saturated heterocycles. The highest BCUT2D eigenvalue weighted by Gasteiger charge is 2.11. The van der Waals surface area contributed by atoms with Gasteiger partial charge >= 0.3 is 0 Å². The van der Waals surface area contributed by atoms with Gasteiger partial charge in [-0.15, -0.1) is 0 Å². The number of hydrogen-bond acceptors (Lipinski definition) is 2. The summed E-state index contributed by atoms with van der Waals surface area (Å²) in [5.74, 6) is 0.640. The molecule has 1 N–H and O–H groups in total. The minimum atomic E-state index is -0.174. The summed E-state index contributed by atoms with van der Waals surface area (Å²) in [5, 5.41) is 4.50. The monoisotopic (exact) mass is 322 g/mol. The molecule has 0 aliphatic heterocycles. The normalized spacial score (nSPS) is 11.0. The molecule has 0 amide bonds. The first kappa shape index (κ1) is 14.0. The fourth-order valence-corrected chi connectivity index (χ4v) is 2.79. The van der Waals surface area contributed by atoms with E-state index >= 15 is 0 Å². The number of halogens is 2. The molecule has 0 aliphatic rings. The van der Waals surface area contributed by atoms with Gasteiger partial charge in [0.2, 0.25) is 0 Å². The molecular formula is C15H12Cl2N2O2. The van der Waals surface area contributed by atoms with Crippen LogP contribution in [0.5, 0.6) is 5.75 Å². The lowest BCUT2D eigenvalue weighted by Gasteiger charge is -2.09. The maximum atomic E-state index is 12.0. The number of benzene rings is 2. The van der Waals surface area contributed by atoms with Crippen LogP contribution in [0.2, 0.25) is 10.0 Å². The Morgan fingerprint density at radius 3 is 2.57 bits per heavy atom. The van der Waals surface area contributed by atoms with Crippen molar-refractivity contribution in [3.8, 4) is 5.75 Å². The first-order valence-corrected chi connectivity index (χ1v) is 7.05. The number of methoxy groups -OCH3 is 1. The van der Waals surface area contributed by atoms with E-state index in [1.54, 1.807) is 42.1 Å². The van der Waals surface area contributed by atoms with Gasteiger partial charge in [0.25, 0.3) is 5.56 Å². The number of aromatic amines is 1. The van der Waals surface area contributed by atoms with E-state index in [4.69, 9.17) is 27.9 Å². The Hall–Kier alpha value is -1.91. The molecule has 0 unspecified atom stereocenters. The van der Waals surface area contributed by atoms with E-state index in [2.05, 4.69) is 5.10 Å². The quantitative estimate of drug-likeness (QED) is 0.799. The van der Waals surface area contributed by atoms with Crippen molar-refractivity contribution in [2.45, 2.75) is 6.54 Å². The molecule has 0 atom stereocenters. The molecule has 1 heterocycles. The molecule has 21 heavy (non-hydrogen) atoms. The van der Waals surface area contributed by atoms with Crippen LogP contribution in [0.25, 0.3) is 10.9 Å². The maximum Gasteiger partial charge on any atom is 0.272 e. The topological polar surface area (TPSA) is 47.0 Å². The second-order valence-corrected chi connectivity index (χ2v) is 5.42. The van der Waals surface area contributed by atoms with E-state index in [0.29, 0.717) is 27.7 Å². The number of aromatic nitrogens is 2. The van der Waals surface area contributed by atoms with Gasteiger partial charge in [-0.05, 0) is 30.3 Å². The molecular weight excluding hydrogens is 311 g/mol. The maximum absolute atomic E-state index is 12.0. The van der Waals surface area contributed by atoms with Crippen molar-refractivity contribution in [3.63, 3.8) is 0 Å². The van der Waals surface area contributed by atoms with Gasteiger partial charge in [-0.3, -0.25) is 14.6 Å². The van der Waals surface area contributed by atoms with Crippen molar-refractivity contribution in [1.82, 2.24) is 9.78 Å². The van der Waals surface area contributed by atoms with E-state index in [0.717, 1.165) is 11.1 Å². The smallest absolute Gasteiger partial charge is 0.272 e. The Balaban J connectivity index is 2.12. The minimum absolute atomic E-state index is 0.174. The van der Waals surface area contributed by atoms with Crippen LogP contribution in [-0.4, -0.2) is 16.9 Å². The fraction of sp³-hybridized carbons (Fsp3) is 0.133. The third-order valence-corrected chi connectivity index (χ3v) is 4.06. The molecule has 0 radical (unpaired) electrons. The summed E-state index contributed by atoms with van der Waals surface area (Å²) in [5.41, 5.74) is 1.37. The van der Waals surface area contributed by atoms with Crippen LogP contribution >= 0.6 is 23.2 Å². The van der Waals surface area contributed by atoms with Gasteiger partial charge in [0.1, 0.15) is 5.75 Å². The second kappa shape index (κ2) is 5.47. The van der Waals surface area contributed by atoms with E-state index in [-0.39, 0.29) is 5.56 Å². The van der Waals surface area contributed by atoms with Crippen molar-refractivity contribution < 1.29 is 4.74 Å². The average Bonchev–Trinajstić information content (AvgIpc) is 2.79. The van der Waals surface area contributed by atoms with Crippen molar-refractivity contribution in [2.75, 3.05) is 7.11 Å². The van der Waals surface area contributed by atoms with Crippen molar-refractivity contribution >= 4 is 34.1 Å². The van der Waals surface area contributed by atoms with Crippen LogP contribution in [0.15, 0.2) is 41.2 Å². The largest absolute Gasteiger partial charge is 0.497 e. The molecule has 3 aromatic rings. The summed E-state index contributed by atoms with van der Waals surface area (Å²) < 4.78 is 6.87. The first-order valence-electron chi connectivity index (χ1n) is 6.29. The molecule has 0 aliphatic carbocycles. The SMILES string of the molecule is COc1ccc2c(c1)c(=O)[nH]n2Cc1c(Cl)cccc1Cl. The summed E-state index contributed by atoms with van der Waals surface area (Å²) in [6, 6.07) is 10.7.